The molecule has 8 bridgehead atoms. The number of hydrogen-bond acceptors (Lipinski definition) is 2. The van der Waals surface area contributed by atoms with Gasteiger partial charge >= 0.3 is 17.1 Å². The van der Waals surface area contributed by atoms with Crippen LogP contribution in [0.15, 0.2) is 164 Å². The maximum absolute atomic E-state index is 14.2. The SMILES string of the molecule is Cn1ccnc1.Fc1ccc(-c2c3ccc([n-]3)c(-c3ccc(F)cc3)c3ccc([n-]3)[c+](-c3ccc(F)cc3)c3ccc([n-]3)[c+](-c3ccc(F)cc3)c3ccc2[n-]3)cc1.[Fe+2].[N]=O. The number of nitroso groups, excluding NO2 is 1. The van der Waals surface area contributed by atoms with Crippen LogP contribution in [0.4, 0.5) is 17.6 Å². The first-order valence-electron chi connectivity index (χ1n) is 18.5. The van der Waals surface area contributed by atoms with Gasteiger partial charge in [-0.25, -0.2) is 22.5 Å². The second-order valence-corrected chi connectivity index (χ2v) is 13.6. The Morgan fingerprint density at radius 3 is 1.13 bits per heavy atom. The number of halogens is 4. The first-order chi connectivity index (χ1) is 29.3. The number of benzene rings is 4. The third-order valence-electron chi connectivity index (χ3n) is 9.78. The summed E-state index contributed by atoms with van der Waals surface area (Å²) in [6.07, 6.45) is 5.39. The van der Waals surface area contributed by atoms with E-state index in [1.807, 2.05) is 66.3 Å². The van der Waals surface area contributed by atoms with Gasteiger partial charge in [-0.1, -0.05) is 47.4 Å². The fourth-order valence-electron chi connectivity index (χ4n) is 7.06. The summed E-state index contributed by atoms with van der Waals surface area (Å²) in [7, 11) is 1.94. The maximum atomic E-state index is 14.2. The third-order valence-corrected chi connectivity index (χ3v) is 9.78. The number of fused-ring (bicyclic) bond motifs is 8. The van der Waals surface area contributed by atoms with Crippen LogP contribution in [-0.2, 0) is 24.1 Å². The molecule has 0 aliphatic rings. The van der Waals surface area contributed by atoms with Crippen LogP contribution in [0.25, 0.3) is 88.6 Å². The van der Waals surface area contributed by atoms with E-state index in [4.69, 9.17) is 30.4 Å². The molecule has 0 aliphatic heterocycles. The Kier molecular flexibility index (Phi) is 12.4. The van der Waals surface area contributed by atoms with Gasteiger partial charge in [-0.15, -0.1) is 27.0 Å². The van der Waals surface area contributed by atoms with Crippen molar-refractivity contribution in [3.8, 4) is 44.5 Å². The van der Waals surface area contributed by atoms with E-state index in [-0.39, 0.29) is 40.3 Å². The van der Waals surface area contributed by atoms with Crippen LogP contribution >= 0.6 is 0 Å². The van der Waals surface area contributed by atoms with Crippen LogP contribution in [0, 0.1) is 28.2 Å². The zero-order valence-electron chi connectivity index (χ0n) is 32.0. The van der Waals surface area contributed by atoms with Crippen molar-refractivity contribution in [3.63, 3.8) is 0 Å². The Balaban J connectivity index is 0.000000569. The summed E-state index contributed by atoms with van der Waals surface area (Å²) in [6, 6.07) is 39.6. The predicted molar refractivity (Wildman–Crippen MR) is 226 cm³/mol. The second kappa shape index (κ2) is 18.2. The second-order valence-electron chi connectivity index (χ2n) is 13.6. The Morgan fingerprint density at radius 2 is 0.787 bits per heavy atom. The standard InChI is InChI=1S/C44H24F4N4.C4H6N2.Fe.NO/c45-29-9-1-25(2-10-29)41-33-17-19-35(49-33)42(26-3-11-30(46)12-4-26)37-21-23-39(51-37)44(28-7-15-32(48)16-8-28)40-24-22-38(52-40)43(36-20-18-34(41)50-36)27-5-13-31(47)14-6-27;1-6-3-2-5-4-6;;1-2/h1-24H;2-4H,1H3;;/q-2;;+2;. The number of rotatable bonds is 4. The molecule has 8 nitrogen and oxygen atoms in total. The molecule has 13 heteroatoms. The molecule has 0 unspecified atom stereocenters. The molecular formula is C48H30F4FeN7O. The molecule has 0 N–H and O–H groups in total. The van der Waals surface area contributed by atoms with E-state index in [1.165, 1.54) is 48.5 Å². The van der Waals surface area contributed by atoms with E-state index in [0.29, 0.717) is 88.6 Å². The monoisotopic (exact) mass is 852 g/mol. The molecular weight excluding hydrogens is 822 g/mol. The first-order valence-corrected chi connectivity index (χ1v) is 18.5. The van der Waals surface area contributed by atoms with Gasteiger partial charge in [-0.2, -0.15) is 0 Å². The van der Waals surface area contributed by atoms with Gasteiger partial charge in [0.15, 0.2) is 0 Å². The van der Waals surface area contributed by atoms with Crippen LogP contribution in [0.2, 0.25) is 0 Å². The van der Waals surface area contributed by atoms with Gasteiger partial charge in [-0.05, 0) is 81.8 Å². The number of aryl methyl sites for hydroxylation is 1. The molecule has 0 fully saturated rings. The summed E-state index contributed by atoms with van der Waals surface area (Å²) in [4.78, 5) is 31.4. The van der Waals surface area contributed by atoms with Crippen molar-refractivity contribution in [2.75, 3.05) is 0 Å². The molecule has 4 aromatic carbocycles. The molecule has 0 amide bonds. The van der Waals surface area contributed by atoms with Crippen LogP contribution in [0.3, 0.4) is 0 Å². The molecule has 61 heavy (non-hydrogen) atoms. The predicted octanol–water partition coefficient (Wildman–Crippen LogP) is 11.0. The molecule has 1 radical (unpaired) electrons. The molecule has 0 saturated heterocycles. The minimum atomic E-state index is -0.378. The van der Waals surface area contributed by atoms with Gasteiger partial charge in [0.1, 0.15) is 28.9 Å². The number of aromatic nitrogens is 6. The molecule has 0 aliphatic carbocycles. The molecule has 10 aromatic rings. The summed E-state index contributed by atoms with van der Waals surface area (Å²) in [5.74, 6) is -1.51. The molecule has 0 saturated carbocycles. The average molecular weight is 853 g/mol. The van der Waals surface area contributed by atoms with Gasteiger partial charge in [0.2, 0.25) is 0 Å². The smallest absolute Gasteiger partial charge is 0.657 e. The molecule has 0 atom stereocenters. The van der Waals surface area contributed by atoms with Crippen molar-refractivity contribution in [3.05, 3.63) is 192 Å². The topological polar surface area (TPSA) is 114 Å². The van der Waals surface area contributed by atoms with Crippen LogP contribution in [0.5, 0.6) is 0 Å². The average Bonchev–Trinajstić information content (AvgIpc) is 4.13. The van der Waals surface area contributed by atoms with Crippen LogP contribution in [-0.4, -0.2) is 9.55 Å². The third kappa shape index (κ3) is 8.79. The molecule has 10 rings (SSSR count). The minimum absolute atomic E-state index is 0. The summed E-state index contributed by atoms with van der Waals surface area (Å²) in [5, 5.41) is 0. The van der Waals surface area contributed by atoms with Crippen molar-refractivity contribution in [1.82, 2.24) is 35.1 Å². The summed E-state index contributed by atoms with van der Waals surface area (Å²) < 4.78 is 58.6. The zero-order valence-corrected chi connectivity index (χ0v) is 33.1. The van der Waals surface area contributed by atoms with Gasteiger partial charge in [0.25, 0.3) is 0 Å². The Hall–Kier alpha value is -7.47. The fourth-order valence-corrected chi connectivity index (χ4v) is 7.06. The van der Waals surface area contributed by atoms with Crippen molar-refractivity contribution < 1.29 is 34.6 Å². The van der Waals surface area contributed by atoms with E-state index in [2.05, 4.69) is 4.98 Å². The minimum Gasteiger partial charge on any atom is -0.657 e. The normalized spacial score (nSPS) is 10.7. The summed E-state index contributed by atoms with van der Waals surface area (Å²) in [6.45, 7) is 0. The molecule has 6 heterocycles. The van der Waals surface area contributed by atoms with Crippen LogP contribution < -0.4 is 25.5 Å². The van der Waals surface area contributed by atoms with E-state index in [1.54, 1.807) is 61.1 Å². The van der Waals surface area contributed by atoms with Gasteiger partial charge in [-0.3, -0.25) is 0 Å². The summed E-state index contributed by atoms with van der Waals surface area (Å²) >= 11 is 0. The molecule has 0 spiro atoms. The maximum Gasteiger partial charge on any atom is 2.00 e. The number of imidazole rings is 1. The van der Waals surface area contributed by atoms with Crippen molar-refractivity contribution in [2.24, 2.45) is 7.05 Å². The largest absolute Gasteiger partial charge is 2.00 e. The van der Waals surface area contributed by atoms with E-state index in [0.717, 1.165) is 0 Å². The zero-order chi connectivity index (χ0) is 41.8. The van der Waals surface area contributed by atoms with Gasteiger partial charge in [0, 0.05) is 91.2 Å². The number of nitrogens with zero attached hydrogens (tertiary/aromatic N) is 7. The number of hydrogen-bond donors (Lipinski definition) is 0. The quantitative estimate of drug-likeness (QED) is 0.0990. The van der Waals surface area contributed by atoms with Crippen LogP contribution in [0.1, 0.15) is 0 Å². The fraction of sp³-hybridized carbons (Fsp3) is 0.0208. The molecule has 299 valence electrons. The van der Waals surface area contributed by atoms with Gasteiger partial charge in [0.05, 0.1) is 17.5 Å². The Bertz CT molecular complexity index is 2680. The van der Waals surface area contributed by atoms with Crippen molar-refractivity contribution in [1.29, 1.82) is 0 Å². The van der Waals surface area contributed by atoms with Crippen molar-refractivity contribution in [2.45, 2.75) is 0 Å². The van der Waals surface area contributed by atoms with E-state index in [9.17, 15) is 17.6 Å². The molecule has 6 aromatic heterocycles. The van der Waals surface area contributed by atoms with Crippen molar-refractivity contribution >= 4 is 44.1 Å². The van der Waals surface area contributed by atoms with Gasteiger partial charge < -0.3 is 24.5 Å². The van der Waals surface area contributed by atoms with E-state index < -0.39 is 0 Å². The summed E-state index contributed by atoms with van der Waals surface area (Å²) in [5.41, 5.74) is 15.9. The Labute approximate surface area is 356 Å². The van der Waals surface area contributed by atoms with E-state index >= 15 is 0 Å². The Morgan fingerprint density at radius 1 is 0.459 bits per heavy atom. The first kappa shape index (κ1) is 41.7.